The minimum absolute atomic E-state index is 0.153. The Balaban J connectivity index is 1.10. The van der Waals surface area contributed by atoms with Crippen molar-refractivity contribution in [2.24, 2.45) is 0 Å². The van der Waals surface area contributed by atoms with Crippen LogP contribution in [-0.2, 0) is 21.7 Å². The molecule has 13 rings (SSSR count). The van der Waals surface area contributed by atoms with E-state index in [4.69, 9.17) is 0 Å². The van der Waals surface area contributed by atoms with Crippen LogP contribution in [0, 0.1) is 0 Å². The Bertz CT molecular complexity index is 3770. The van der Waals surface area contributed by atoms with Crippen LogP contribution in [0.25, 0.3) is 110 Å². The third-order valence-corrected chi connectivity index (χ3v) is 16.8. The van der Waals surface area contributed by atoms with Gasteiger partial charge in [0.1, 0.15) is 0 Å². The first-order chi connectivity index (χ1) is 34.5. The fraction of sp³-hybridized carbons (Fsp3) is 0.194. The number of hydrogen-bond donors (Lipinski definition) is 0. The summed E-state index contributed by atoms with van der Waals surface area (Å²) in [5, 5.41) is 10.7. The first-order valence-electron chi connectivity index (χ1n) is 26.1. The number of benzene rings is 11. The second-order valence-electron chi connectivity index (χ2n) is 24.1. The average molecular weight is 927 g/mol. The average Bonchev–Trinajstić information content (AvgIpc) is 3.72. The minimum Gasteiger partial charge on any atom is -0.0622 e. The molecule has 0 amide bonds. The van der Waals surface area contributed by atoms with Gasteiger partial charge in [-0.3, -0.25) is 0 Å². The zero-order valence-corrected chi connectivity index (χ0v) is 43.5. The van der Waals surface area contributed by atoms with Gasteiger partial charge in [0.05, 0.1) is 0 Å². The molecule has 0 heteroatoms. The molecule has 11 aromatic rings. The molecule has 2 aliphatic rings. The molecule has 0 bridgehead atoms. The molecule has 0 atom stereocenters. The molecule has 2 aliphatic carbocycles. The lowest BCUT2D eigenvalue weighted by Gasteiger charge is -2.32. The van der Waals surface area contributed by atoms with Gasteiger partial charge in [0, 0.05) is 10.8 Å². The van der Waals surface area contributed by atoms with Crippen molar-refractivity contribution in [2.75, 3.05) is 0 Å². The Morgan fingerprint density at radius 1 is 0.236 bits per heavy atom. The molecule has 0 aromatic heterocycles. The van der Waals surface area contributed by atoms with Crippen LogP contribution in [0.3, 0.4) is 0 Å². The van der Waals surface area contributed by atoms with Gasteiger partial charge in [-0.25, -0.2) is 0 Å². The third kappa shape index (κ3) is 6.50. The van der Waals surface area contributed by atoms with Crippen molar-refractivity contribution < 1.29 is 0 Å². The highest BCUT2D eigenvalue weighted by Gasteiger charge is 2.41. The van der Waals surface area contributed by atoms with Crippen molar-refractivity contribution in [3.8, 4) is 66.8 Å². The molecule has 0 spiro atoms. The highest BCUT2D eigenvalue weighted by atomic mass is 14.4. The molecule has 0 N–H and O–H groups in total. The normalized spacial score (nSPS) is 14.5. The summed E-state index contributed by atoms with van der Waals surface area (Å²) in [5.74, 6) is 0. The summed E-state index contributed by atoms with van der Waals surface area (Å²) in [7, 11) is 0. The lowest BCUT2D eigenvalue weighted by Crippen LogP contribution is -2.20. The predicted octanol–water partition coefficient (Wildman–Crippen LogP) is 20.2. The quantitative estimate of drug-likeness (QED) is 0.154. The summed E-state index contributed by atoms with van der Waals surface area (Å²) in [6, 6.07) is 73.9. The fourth-order valence-electron chi connectivity index (χ4n) is 13.4. The van der Waals surface area contributed by atoms with Gasteiger partial charge in [0.15, 0.2) is 0 Å². The van der Waals surface area contributed by atoms with Crippen molar-refractivity contribution in [3.05, 3.63) is 228 Å². The van der Waals surface area contributed by atoms with Gasteiger partial charge in [-0.2, -0.15) is 0 Å². The second-order valence-corrected chi connectivity index (χ2v) is 24.1. The molecule has 0 nitrogen and oxygen atoms in total. The summed E-state index contributed by atoms with van der Waals surface area (Å²) >= 11 is 0. The Hall–Kier alpha value is -7.54. The summed E-state index contributed by atoms with van der Waals surface area (Å²) in [4.78, 5) is 0. The third-order valence-electron chi connectivity index (χ3n) is 16.8. The van der Waals surface area contributed by atoms with Crippen LogP contribution < -0.4 is 0 Å². The molecule has 0 heterocycles. The number of rotatable bonds is 4. The smallest absolute Gasteiger partial charge is 0.0159 e. The Labute approximate surface area is 426 Å². The van der Waals surface area contributed by atoms with E-state index in [2.05, 4.69) is 263 Å². The summed E-state index contributed by atoms with van der Waals surface area (Å²) in [6.07, 6.45) is 0. The van der Waals surface area contributed by atoms with Gasteiger partial charge in [-0.15, -0.1) is 0 Å². The van der Waals surface area contributed by atoms with E-state index >= 15 is 0 Å². The zero-order valence-electron chi connectivity index (χ0n) is 43.5. The van der Waals surface area contributed by atoms with E-state index in [9.17, 15) is 0 Å². The Kier molecular flexibility index (Phi) is 9.55. The molecule has 0 radical (unpaired) electrons. The van der Waals surface area contributed by atoms with Gasteiger partial charge in [-0.05, 0) is 203 Å². The molecule has 0 saturated heterocycles. The van der Waals surface area contributed by atoms with Gasteiger partial charge >= 0.3 is 0 Å². The fourth-order valence-corrected chi connectivity index (χ4v) is 13.4. The van der Waals surface area contributed by atoms with Crippen LogP contribution in [0.5, 0.6) is 0 Å². The molecular formula is C72H62. The molecule has 0 fully saturated rings. The SMILES string of the molecule is CC(C)(C)c1c2cc3c(cc2c(C(C)(C)C)c2cc4c(cc12)C(C)(C)c1cc2c(-c5ccccc5)ccc(-c5ccccc5)c2cc1-4)C(C)(C)c1cc2c(-c4ccccc4)ccc(-c4ccccc4)c2cc1-3. The monoisotopic (exact) mass is 926 g/mol. The van der Waals surface area contributed by atoms with E-state index in [1.807, 2.05) is 0 Å². The predicted molar refractivity (Wildman–Crippen MR) is 311 cm³/mol. The molecule has 350 valence electrons. The second kappa shape index (κ2) is 15.5. The number of hydrogen-bond acceptors (Lipinski definition) is 0. The van der Waals surface area contributed by atoms with Gasteiger partial charge < -0.3 is 0 Å². The largest absolute Gasteiger partial charge is 0.0622 e. The van der Waals surface area contributed by atoms with E-state index in [1.165, 1.54) is 143 Å². The molecule has 0 aliphatic heterocycles. The van der Waals surface area contributed by atoms with Gasteiger partial charge in [0.2, 0.25) is 0 Å². The van der Waals surface area contributed by atoms with Gasteiger partial charge in [0.25, 0.3) is 0 Å². The number of fused-ring (bicyclic) bond motifs is 10. The van der Waals surface area contributed by atoms with E-state index in [1.54, 1.807) is 0 Å². The summed E-state index contributed by atoms with van der Waals surface area (Å²) in [6.45, 7) is 24.5. The van der Waals surface area contributed by atoms with Gasteiger partial charge in [-0.1, -0.05) is 215 Å². The van der Waals surface area contributed by atoms with Crippen LogP contribution in [0.15, 0.2) is 194 Å². The summed E-state index contributed by atoms with van der Waals surface area (Å²) < 4.78 is 0. The highest BCUT2D eigenvalue weighted by molar-refractivity contribution is 6.15. The van der Waals surface area contributed by atoms with Crippen LogP contribution >= 0.6 is 0 Å². The van der Waals surface area contributed by atoms with Crippen LogP contribution in [0.2, 0.25) is 0 Å². The molecular weight excluding hydrogens is 865 g/mol. The maximum absolute atomic E-state index is 2.64. The Morgan fingerprint density at radius 2 is 0.444 bits per heavy atom. The molecule has 0 unspecified atom stereocenters. The van der Waals surface area contributed by atoms with Crippen molar-refractivity contribution in [2.45, 2.75) is 90.9 Å². The van der Waals surface area contributed by atoms with Crippen molar-refractivity contribution in [1.82, 2.24) is 0 Å². The lowest BCUT2D eigenvalue weighted by atomic mass is 9.71. The first kappa shape index (κ1) is 44.4. The van der Waals surface area contributed by atoms with Crippen LogP contribution in [0.1, 0.15) is 103 Å². The Morgan fingerprint density at radius 3 is 0.694 bits per heavy atom. The standard InChI is InChI=1S/C72H62/c1-69(2,3)67-59-37-57-55-35-51-47(43-23-15-11-16-24-43)31-33-49(45-27-19-13-20-28-45)53(51)39-63(55)72(9,10)66(57)42-62(59)68(70(4,5)6)60-38-58-56-36-52-48(44-25-17-12-18-26-44)32-34-50(46-29-21-14-22-30-46)54(52)40-64(56)71(7,8)65(58)41-61(60)67/h11-42H,1-10H3. The van der Waals surface area contributed by atoms with Crippen molar-refractivity contribution in [3.63, 3.8) is 0 Å². The highest BCUT2D eigenvalue weighted by Crippen LogP contribution is 2.58. The lowest BCUT2D eigenvalue weighted by molar-refractivity contribution is 0.592. The molecule has 11 aromatic carbocycles. The first-order valence-corrected chi connectivity index (χ1v) is 26.1. The van der Waals surface area contributed by atoms with Crippen molar-refractivity contribution >= 4 is 43.1 Å². The maximum Gasteiger partial charge on any atom is 0.0159 e. The molecule has 0 saturated carbocycles. The topological polar surface area (TPSA) is 0 Å². The summed E-state index contributed by atoms with van der Waals surface area (Å²) in [5.41, 5.74) is 23.2. The van der Waals surface area contributed by atoms with E-state index in [-0.39, 0.29) is 21.7 Å². The van der Waals surface area contributed by atoms with E-state index < -0.39 is 0 Å². The zero-order chi connectivity index (χ0) is 49.6. The molecule has 72 heavy (non-hydrogen) atoms. The van der Waals surface area contributed by atoms with Crippen molar-refractivity contribution in [1.29, 1.82) is 0 Å². The van der Waals surface area contributed by atoms with E-state index in [0.717, 1.165) is 0 Å². The van der Waals surface area contributed by atoms with Crippen LogP contribution in [0.4, 0.5) is 0 Å². The van der Waals surface area contributed by atoms with Crippen LogP contribution in [-0.4, -0.2) is 0 Å². The maximum atomic E-state index is 2.64. The van der Waals surface area contributed by atoms with E-state index in [0.29, 0.717) is 0 Å². The minimum atomic E-state index is -0.229.